The van der Waals surface area contributed by atoms with Gasteiger partial charge in [-0.05, 0) is 25.5 Å². The molecular formula is C8H10HgI2N2O2. The summed E-state index contributed by atoms with van der Waals surface area (Å²) in [5.41, 5.74) is 7.71. The molecule has 0 saturated carbocycles. The average Bonchev–Trinajstić information content (AvgIpc) is 2.15. The molecular weight excluding hydrogens is 610 g/mol. The molecule has 0 aromatic heterocycles. The van der Waals surface area contributed by atoms with Crippen molar-refractivity contribution in [3.63, 3.8) is 0 Å². The van der Waals surface area contributed by atoms with Crippen molar-refractivity contribution in [3.05, 3.63) is 33.4 Å². The SMILES string of the molecule is Cc1c(N)ccc([N+](=O)[O-])c1C.[I][Hg][I]. The van der Waals surface area contributed by atoms with E-state index in [-0.39, 0.29) is 21.6 Å². The van der Waals surface area contributed by atoms with Crippen LogP contribution < -0.4 is 5.73 Å². The van der Waals surface area contributed by atoms with Gasteiger partial charge in [-0.3, -0.25) is 10.1 Å². The summed E-state index contributed by atoms with van der Waals surface area (Å²) in [6.07, 6.45) is 0. The maximum absolute atomic E-state index is 10.5. The number of hydrogen-bond donors (Lipinski definition) is 1. The van der Waals surface area contributed by atoms with E-state index in [0.717, 1.165) is 5.56 Å². The number of nitrogen functional groups attached to an aromatic ring is 1. The van der Waals surface area contributed by atoms with E-state index < -0.39 is 4.92 Å². The van der Waals surface area contributed by atoms with E-state index in [1.165, 1.54) is 6.07 Å². The molecule has 1 aromatic rings. The number of benzene rings is 1. The second-order valence-corrected chi connectivity index (χ2v) is 42.6. The topological polar surface area (TPSA) is 69.2 Å². The van der Waals surface area contributed by atoms with Crippen LogP contribution >= 0.6 is 35.3 Å². The van der Waals surface area contributed by atoms with Crippen LogP contribution in [-0.4, -0.2) is 4.92 Å². The molecule has 4 nitrogen and oxygen atoms in total. The van der Waals surface area contributed by atoms with E-state index >= 15 is 0 Å². The third-order valence-electron chi connectivity index (χ3n) is 2.00. The molecule has 0 unspecified atom stereocenters. The monoisotopic (exact) mass is 622 g/mol. The van der Waals surface area contributed by atoms with Gasteiger partial charge < -0.3 is 5.73 Å². The van der Waals surface area contributed by atoms with Crippen molar-refractivity contribution in [2.24, 2.45) is 0 Å². The van der Waals surface area contributed by atoms with Crippen LogP contribution in [0, 0.1) is 24.0 Å². The molecule has 0 atom stereocenters. The summed E-state index contributed by atoms with van der Waals surface area (Å²) in [7, 11) is 0. The van der Waals surface area contributed by atoms with Crippen LogP contribution in [0.15, 0.2) is 12.1 Å². The van der Waals surface area contributed by atoms with Crippen LogP contribution in [0.1, 0.15) is 11.1 Å². The summed E-state index contributed by atoms with van der Waals surface area (Å²) in [6, 6.07) is 2.98. The number of nitrogens with two attached hydrogens (primary N) is 1. The average molecular weight is 621 g/mol. The van der Waals surface area contributed by atoms with Gasteiger partial charge in [0.25, 0.3) is 5.69 Å². The number of hydrogen-bond acceptors (Lipinski definition) is 3. The van der Waals surface area contributed by atoms with Gasteiger partial charge in [0.15, 0.2) is 0 Å². The first-order valence-electron chi connectivity index (χ1n) is 4.07. The molecule has 0 spiro atoms. The molecule has 0 saturated heterocycles. The standard InChI is InChI=1S/C8H10N2O2.Hg.2HI/c1-5-6(2)8(10(11)12)4-3-7(5)9;;;/h3-4H,9H2,1-2H3;;2*1H/q;+2;;/p-2. The van der Waals surface area contributed by atoms with Crippen molar-refractivity contribution in [1.29, 1.82) is 0 Å². The van der Waals surface area contributed by atoms with Gasteiger partial charge in [-0.25, -0.2) is 0 Å². The fourth-order valence-corrected chi connectivity index (χ4v) is 1.03. The molecule has 15 heavy (non-hydrogen) atoms. The van der Waals surface area contributed by atoms with Gasteiger partial charge in [-0.1, -0.05) is 0 Å². The molecule has 0 aliphatic rings. The molecule has 0 heterocycles. The van der Waals surface area contributed by atoms with Crippen molar-refractivity contribution in [3.8, 4) is 0 Å². The van der Waals surface area contributed by atoms with Gasteiger partial charge in [0, 0.05) is 17.3 Å². The van der Waals surface area contributed by atoms with Gasteiger partial charge >= 0.3 is 51.2 Å². The number of nitrogens with zero attached hydrogens (tertiary/aromatic N) is 1. The predicted octanol–water partition coefficient (Wildman–Crippen LogP) is 3.56. The second kappa shape index (κ2) is 7.99. The Morgan fingerprint density at radius 2 is 1.80 bits per heavy atom. The zero-order valence-corrected chi connectivity index (χ0v) is 18.3. The Morgan fingerprint density at radius 1 is 1.33 bits per heavy atom. The van der Waals surface area contributed by atoms with E-state index in [9.17, 15) is 10.1 Å². The third kappa shape index (κ3) is 5.11. The Kier molecular flexibility index (Phi) is 8.42. The number of nitro groups is 1. The van der Waals surface area contributed by atoms with E-state index in [0.29, 0.717) is 11.3 Å². The van der Waals surface area contributed by atoms with Crippen LogP contribution in [0.3, 0.4) is 0 Å². The summed E-state index contributed by atoms with van der Waals surface area (Å²) in [4.78, 5) is 10.0. The molecule has 0 fully saturated rings. The fraction of sp³-hybridized carbons (Fsp3) is 0.250. The van der Waals surface area contributed by atoms with Gasteiger partial charge in [-0.15, -0.1) is 0 Å². The molecule has 7 heteroatoms. The maximum atomic E-state index is 10.5. The van der Waals surface area contributed by atoms with Gasteiger partial charge in [0.2, 0.25) is 0 Å². The quantitative estimate of drug-likeness (QED) is 0.172. The minimum absolute atomic E-state index is 0.127. The van der Waals surface area contributed by atoms with E-state index in [2.05, 4.69) is 35.3 Å². The summed E-state index contributed by atoms with van der Waals surface area (Å²) in [5.74, 6) is 0. The summed E-state index contributed by atoms with van der Waals surface area (Å²) in [6.45, 7) is 3.47. The van der Waals surface area contributed by atoms with E-state index in [1.54, 1.807) is 19.9 Å². The molecule has 0 radical (unpaired) electrons. The van der Waals surface area contributed by atoms with Crippen molar-refractivity contribution in [2.45, 2.75) is 13.8 Å². The zero-order valence-electron chi connectivity index (χ0n) is 8.46. The normalized spacial score (nSPS) is 8.53. The number of halogens is 2. The second-order valence-electron chi connectivity index (χ2n) is 2.78. The molecule has 80 valence electrons. The Balaban J connectivity index is 0.000000583. The number of rotatable bonds is 1. The Labute approximate surface area is 119 Å². The van der Waals surface area contributed by atoms with E-state index in [4.69, 9.17) is 5.73 Å². The van der Waals surface area contributed by atoms with Crippen molar-refractivity contribution < 1.29 is 20.8 Å². The van der Waals surface area contributed by atoms with Crippen LogP contribution in [0.5, 0.6) is 0 Å². The molecule has 0 aliphatic carbocycles. The number of anilines is 1. The summed E-state index contributed by atoms with van der Waals surface area (Å²) in [5, 5.41) is 10.5. The van der Waals surface area contributed by atoms with Crippen LogP contribution in [-0.2, 0) is 15.9 Å². The van der Waals surface area contributed by atoms with Crippen LogP contribution in [0.4, 0.5) is 11.4 Å². The van der Waals surface area contributed by atoms with Crippen LogP contribution in [0.25, 0.3) is 0 Å². The zero-order chi connectivity index (χ0) is 12.0. The summed E-state index contributed by atoms with van der Waals surface area (Å²) >= 11 is 4.85. The fourth-order valence-electron chi connectivity index (χ4n) is 1.03. The Morgan fingerprint density at radius 3 is 2.20 bits per heavy atom. The molecule has 0 amide bonds. The minimum atomic E-state index is -0.401. The molecule has 0 aliphatic heterocycles. The van der Waals surface area contributed by atoms with Crippen molar-refractivity contribution >= 4 is 46.7 Å². The van der Waals surface area contributed by atoms with Gasteiger partial charge in [0.1, 0.15) is 0 Å². The van der Waals surface area contributed by atoms with Gasteiger partial charge in [0.05, 0.1) is 4.92 Å². The first-order chi connectivity index (χ1) is 6.95. The van der Waals surface area contributed by atoms with E-state index in [1.807, 2.05) is 0 Å². The molecule has 2 N–H and O–H groups in total. The van der Waals surface area contributed by atoms with Gasteiger partial charge in [-0.2, -0.15) is 0 Å². The first-order valence-corrected chi connectivity index (χ1v) is 35.0. The summed E-state index contributed by atoms with van der Waals surface area (Å²) < 4.78 is 0. The van der Waals surface area contributed by atoms with Crippen molar-refractivity contribution in [1.82, 2.24) is 0 Å². The Hall–Kier alpha value is 0.815. The predicted molar refractivity (Wildman–Crippen MR) is 75.0 cm³/mol. The Bertz CT molecular complexity index is 361. The molecule has 1 rings (SSSR count). The van der Waals surface area contributed by atoms with Crippen LogP contribution in [0.2, 0.25) is 0 Å². The first kappa shape index (κ1) is 15.8. The third-order valence-corrected chi connectivity index (χ3v) is 2.00. The van der Waals surface area contributed by atoms with Crippen molar-refractivity contribution in [2.75, 3.05) is 5.73 Å². The molecule has 1 aromatic carbocycles. The molecule has 0 bridgehead atoms. The number of nitro benzene ring substituents is 1.